The van der Waals surface area contributed by atoms with E-state index in [1.807, 2.05) is 54.6 Å². The Hall–Kier alpha value is -2.51. The molecule has 1 saturated heterocycles. The van der Waals surface area contributed by atoms with Crippen LogP contribution in [0.5, 0.6) is 0 Å². The van der Waals surface area contributed by atoms with Crippen LogP contribution in [0.25, 0.3) is 0 Å². The Morgan fingerprint density at radius 1 is 1.14 bits per heavy atom. The number of aliphatic hydroxyl groups excluding tert-OH is 1. The molecule has 0 aromatic heterocycles. The number of carbonyl (C=O) groups excluding carboxylic acids is 1. The molecular formula is C29H38N2O4. The molecule has 4 rings (SSSR count). The number of anilines is 1. The van der Waals surface area contributed by atoms with Crippen molar-refractivity contribution in [2.75, 3.05) is 18.4 Å². The molecule has 2 aliphatic rings. The lowest BCUT2D eigenvalue weighted by Crippen LogP contribution is -2.47. The highest BCUT2D eigenvalue weighted by Gasteiger charge is 2.40. The summed E-state index contributed by atoms with van der Waals surface area (Å²) in [7, 11) is 0. The first-order chi connectivity index (χ1) is 17.0. The summed E-state index contributed by atoms with van der Waals surface area (Å²) in [5.74, 6) is 0.0103. The number of hydrogen-bond acceptors (Lipinski definition) is 5. The number of rotatable bonds is 9. The van der Waals surface area contributed by atoms with Crippen molar-refractivity contribution in [1.82, 2.24) is 4.90 Å². The first-order valence-corrected chi connectivity index (χ1v) is 12.7. The maximum absolute atomic E-state index is 11.6. The number of benzene rings is 2. The molecule has 188 valence electrons. The van der Waals surface area contributed by atoms with Gasteiger partial charge < -0.3 is 19.9 Å². The molecule has 0 radical (unpaired) electrons. The number of nitrogens with zero attached hydrogens (tertiary/aromatic N) is 1. The molecule has 1 aliphatic carbocycles. The van der Waals surface area contributed by atoms with Crippen LogP contribution in [0.3, 0.4) is 0 Å². The maximum atomic E-state index is 11.6. The van der Waals surface area contributed by atoms with Crippen LogP contribution >= 0.6 is 0 Å². The predicted molar refractivity (Wildman–Crippen MR) is 138 cm³/mol. The molecule has 35 heavy (non-hydrogen) atoms. The van der Waals surface area contributed by atoms with Crippen LogP contribution in [0, 0.1) is 5.92 Å². The van der Waals surface area contributed by atoms with Crippen molar-refractivity contribution in [2.24, 2.45) is 5.92 Å². The van der Waals surface area contributed by atoms with Crippen molar-refractivity contribution in [2.45, 2.75) is 70.7 Å². The van der Waals surface area contributed by atoms with Gasteiger partial charge in [0.15, 0.2) is 6.29 Å². The third-order valence-corrected chi connectivity index (χ3v) is 7.22. The van der Waals surface area contributed by atoms with E-state index in [4.69, 9.17) is 9.47 Å². The van der Waals surface area contributed by atoms with Gasteiger partial charge in [-0.25, -0.2) is 0 Å². The number of aliphatic hydroxyl groups is 1. The summed E-state index contributed by atoms with van der Waals surface area (Å²) in [5.41, 5.74) is 3.55. The molecule has 2 N–H and O–H groups in total. The van der Waals surface area contributed by atoms with E-state index in [1.54, 1.807) is 0 Å². The molecule has 2 aromatic carbocycles. The Kier molecular flexibility index (Phi) is 8.74. The third-order valence-electron chi connectivity index (χ3n) is 7.22. The zero-order valence-electron chi connectivity index (χ0n) is 20.9. The quantitative estimate of drug-likeness (QED) is 0.475. The van der Waals surface area contributed by atoms with Crippen molar-refractivity contribution in [3.05, 3.63) is 77.9 Å². The number of nitrogens with one attached hydrogen (secondary N) is 1. The highest BCUT2D eigenvalue weighted by Crippen LogP contribution is 2.42. The van der Waals surface area contributed by atoms with Gasteiger partial charge in [0.2, 0.25) is 5.91 Å². The molecule has 4 unspecified atom stereocenters. The molecule has 1 heterocycles. The van der Waals surface area contributed by atoms with Gasteiger partial charge in [-0.1, -0.05) is 62.2 Å². The van der Waals surface area contributed by atoms with Crippen LogP contribution < -0.4 is 5.32 Å². The molecule has 4 atom stereocenters. The molecule has 1 amide bonds. The first-order valence-electron chi connectivity index (χ1n) is 12.7. The number of hydrogen-bond donors (Lipinski definition) is 2. The smallest absolute Gasteiger partial charge is 0.221 e. The summed E-state index contributed by atoms with van der Waals surface area (Å²) in [6.45, 7) is 9.37. The van der Waals surface area contributed by atoms with Crippen LogP contribution in [0.4, 0.5) is 5.69 Å². The fourth-order valence-corrected chi connectivity index (χ4v) is 5.33. The average molecular weight is 479 g/mol. The van der Waals surface area contributed by atoms with Crippen molar-refractivity contribution < 1.29 is 19.4 Å². The van der Waals surface area contributed by atoms with Gasteiger partial charge in [0.1, 0.15) is 0 Å². The average Bonchev–Trinajstić information content (AvgIpc) is 3.40. The van der Waals surface area contributed by atoms with Gasteiger partial charge in [0, 0.05) is 43.2 Å². The summed E-state index contributed by atoms with van der Waals surface area (Å²) >= 11 is 0. The minimum Gasteiger partial charge on any atom is -0.392 e. The van der Waals surface area contributed by atoms with E-state index in [0.29, 0.717) is 6.04 Å². The van der Waals surface area contributed by atoms with E-state index in [2.05, 4.69) is 23.7 Å². The Balaban J connectivity index is 1.62. The lowest BCUT2D eigenvalue weighted by Gasteiger charge is -2.43. The second-order valence-electron chi connectivity index (χ2n) is 9.81. The Morgan fingerprint density at radius 3 is 2.54 bits per heavy atom. The van der Waals surface area contributed by atoms with Crippen LogP contribution in [-0.2, 0) is 20.9 Å². The van der Waals surface area contributed by atoms with Crippen LogP contribution in [-0.4, -0.2) is 41.1 Å². The highest BCUT2D eigenvalue weighted by atomic mass is 16.7. The van der Waals surface area contributed by atoms with Crippen molar-refractivity contribution in [3.8, 4) is 0 Å². The molecule has 1 aliphatic heterocycles. The Morgan fingerprint density at radius 2 is 1.89 bits per heavy atom. The second kappa shape index (κ2) is 12.0. The van der Waals surface area contributed by atoms with Crippen molar-refractivity contribution >= 4 is 11.6 Å². The summed E-state index contributed by atoms with van der Waals surface area (Å²) in [6, 6.07) is 16.2. The summed E-state index contributed by atoms with van der Waals surface area (Å²) in [5, 5.41) is 12.3. The second-order valence-corrected chi connectivity index (χ2v) is 9.81. The summed E-state index contributed by atoms with van der Waals surface area (Å²) < 4.78 is 13.2. The monoisotopic (exact) mass is 478 g/mol. The van der Waals surface area contributed by atoms with E-state index < -0.39 is 6.29 Å². The molecule has 2 fully saturated rings. The van der Waals surface area contributed by atoms with Gasteiger partial charge in [-0.2, -0.15) is 0 Å². The molecule has 6 nitrogen and oxygen atoms in total. The third kappa shape index (κ3) is 6.39. The van der Waals surface area contributed by atoms with Gasteiger partial charge in [-0.15, -0.1) is 6.58 Å². The lowest BCUT2D eigenvalue weighted by molar-refractivity contribution is -0.276. The van der Waals surface area contributed by atoms with Crippen LogP contribution in [0.2, 0.25) is 0 Å². The van der Waals surface area contributed by atoms with Gasteiger partial charge in [-0.3, -0.25) is 9.69 Å². The van der Waals surface area contributed by atoms with E-state index in [-0.39, 0.29) is 30.6 Å². The Labute approximate surface area is 208 Å². The van der Waals surface area contributed by atoms with E-state index in [1.165, 1.54) is 32.6 Å². The molecule has 0 bridgehead atoms. The van der Waals surface area contributed by atoms with Crippen molar-refractivity contribution in [3.63, 3.8) is 0 Å². The number of ether oxygens (including phenoxy) is 2. The van der Waals surface area contributed by atoms with Crippen molar-refractivity contribution in [1.29, 1.82) is 0 Å². The molecule has 1 saturated carbocycles. The van der Waals surface area contributed by atoms with Gasteiger partial charge in [-0.05, 0) is 36.1 Å². The van der Waals surface area contributed by atoms with E-state index in [9.17, 15) is 9.90 Å². The lowest BCUT2D eigenvalue weighted by atomic mass is 9.89. The summed E-state index contributed by atoms with van der Waals surface area (Å²) in [4.78, 5) is 14.1. The standard InChI is InChI=1S/C29H38N2O4/c1-4-16-31(26-10-5-6-11-26)18-27-20(2)28(23-14-12-22(19-32)13-15-23)35-29(34-27)24-8-7-9-25(17-24)30-21(3)33/h4,7-9,12-15,17,20,26-29,32H,1,5-6,10-11,16,18-19H2,2-3H3,(H,30,33). The predicted octanol–water partition coefficient (Wildman–Crippen LogP) is 5.36. The topological polar surface area (TPSA) is 71.0 Å². The summed E-state index contributed by atoms with van der Waals surface area (Å²) in [6.07, 6.45) is 6.23. The van der Waals surface area contributed by atoms with Gasteiger partial charge >= 0.3 is 0 Å². The maximum Gasteiger partial charge on any atom is 0.221 e. The minimum absolute atomic E-state index is 0.0174. The first kappa shape index (κ1) is 25.6. The SMILES string of the molecule is C=CCN(CC1OC(c2cccc(NC(C)=O)c2)OC(c2ccc(CO)cc2)C1C)C1CCCC1. The fourth-order valence-electron chi connectivity index (χ4n) is 5.33. The molecule has 0 spiro atoms. The normalized spacial score (nSPS) is 25.0. The van der Waals surface area contributed by atoms with Crippen LogP contribution in [0.15, 0.2) is 61.2 Å². The zero-order chi connectivity index (χ0) is 24.8. The minimum atomic E-state index is -0.554. The zero-order valence-corrected chi connectivity index (χ0v) is 20.9. The molecule has 6 heteroatoms. The van der Waals surface area contributed by atoms with Gasteiger partial charge in [0.05, 0.1) is 18.8 Å². The Bertz CT molecular complexity index is 986. The number of amides is 1. The number of carbonyl (C=O) groups is 1. The molecule has 2 aromatic rings. The largest absolute Gasteiger partial charge is 0.392 e. The highest BCUT2D eigenvalue weighted by molar-refractivity contribution is 5.88. The molecular weight excluding hydrogens is 440 g/mol. The fraction of sp³-hybridized carbons (Fsp3) is 0.483. The van der Waals surface area contributed by atoms with Gasteiger partial charge in [0.25, 0.3) is 0 Å². The van der Waals surface area contributed by atoms with E-state index in [0.717, 1.165) is 35.5 Å². The van der Waals surface area contributed by atoms with Crippen LogP contribution in [0.1, 0.15) is 68.6 Å². The van der Waals surface area contributed by atoms with E-state index >= 15 is 0 Å².